The monoisotopic (exact) mass is 421 g/mol. The van der Waals surface area contributed by atoms with E-state index in [0.29, 0.717) is 25.1 Å². The Bertz CT molecular complexity index is 874. The van der Waals surface area contributed by atoms with Crippen LogP contribution < -0.4 is 5.73 Å². The summed E-state index contributed by atoms with van der Waals surface area (Å²) in [6, 6.07) is 12.7. The smallest absolute Gasteiger partial charge is 0.398 e. The molecule has 0 aromatic heterocycles. The average molecular weight is 421 g/mol. The van der Waals surface area contributed by atoms with Gasteiger partial charge < -0.3 is 15.7 Å². The number of carbonyl (C=O) groups is 1. The van der Waals surface area contributed by atoms with Gasteiger partial charge in [-0.25, -0.2) is 0 Å². The molecule has 3 N–H and O–H groups in total. The Morgan fingerprint density at radius 3 is 2.53 bits per heavy atom. The highest BCUT2D eigenvalue weighted by Crippen LogP contribution is 2.32. The number of hydrogen-bond acceptors (Lipinski definition) is 4. The molecule has 0 radical (unpaired) electrons. The van der Waals surface area contributed by atoms with Crippen molar-refractivity contribution >= 4 is 11.6 Å². The molecule has 5 nitrogen and oxygen atoms in total. The van der Waals surface area contributed by atoms with E-state index in [4.69, 9.17) is 5.73 Å². The van der Waals surface area contributed by atoms with Gasteiger partial charge in [0.2, 0.25) is 5.91 Å². The van der Waals surface area contributed by atoms with E-state index in [-0.39, 0.29) is 30.2 Å². The van der Waals surface area contributed by atoms with Crippen LogP contribution in [0.2, 0.25) is 0 Å². The van der Waals surface area contributed by atoms with Crippen LogP contribution in [0.5, 0.6) is 0 Å². The molecule has 2 aromatic rings. The zero-order valence-electron chi connectivity index (χ0n) is 16.8. The Kier molecular flexibility index (Phi) is 6.67. The third kappa shape index (κ3) is 5.31. The Hall–Kier alpha value is -2.58. The minimum Gasteiger partial charge on any atom is -0.398 e. The third-order valence-electron chi connectivity index (χ3n) is 5.51. The molecule has 1 aliphatic rings. The summed E-state index contributed by atoms with van der Waals surface area (Å²) in [5.41, 5.74) is 6.30. The zero-order chi connectivity index (χ0) is 21.9. The first-order valence-electron chi connectivity index (χ1n) is 9.81. The number of carbonyl (C=O) groups excluding carboxylic acids is 1. The summed E-state index contributed by atoms with van der Waals surface area (Å²) in [5, 5.41) is 9.93. The highest BCUT2D eigenvalue weighted by Gasteiger charge is 2.32. The van der Waals surface area contributed by atoms with E-state index >= 15 is 0 Å². The van der Waals surface area contributed by atoms with E-state index in [9.17, 15) is 23.1 Å². The van der Waals surface area contributed by atoms with Crippen molar-refractivity contribution in [3.63, 3.8) is 0 Å². The quantitative estimate of drug-likeness (QED) is 0.704. The van der Waals surface area contributed by atoms with Crippen molar-refractivity contribution in [3.05, 3.63) is 65.2 Å². The van der Waals surface area contributed by atoms with Crippen molar-refractivity contribution < 1.29 is 23.1 Å². The molecule has 30 heavy (non-hydrogen) atoms. The number of benzene rings is 2. The normalized spacial score (nSPS) is 18.4. The molecule has 2 aromatic carbocycles. The molecule has 0 aliphatic carbocycles. The van der Waals surface area contributed by atoms with Gasteiger partial charge in [0.25, 0.3) is 0 Å². The van der Waals surface area contributed by atoms with Crippen LogP contribution in [0.25, 0.3) is 0 Å². The second kappa shape index (κ2) is 9.06. The van der Waals surface area contributed by atoms with Gasteiger partial charge in [-0.05, 0) is 29.7 Å². The molecule has 162 valence electrons. The summed E-state index contributed by atoms with van der Waals surface area (Å²) in [6.45, 7) is 1.66. The lowest BCUT2D eigenvalue weighted by Crippen LogP contribution is -2.39. The SMILES string of the molecule is CN(C[C@@H](c1ccccc1)N1CCC(O)C1)C(=O)Cc1ccc(C(F)(F)F)cc1N. The van der Waals surface area contributed by atoms with Crippen LogP contribution in [0.3, 0.4) is 0 Å². The summed E-state index contributed by atoms with van der Waals surface area (Å²) < 4.78 is 38.5. The van der Waals surface area contributed by atoms with Crippen LogP contribution >= 0.6 is 0 Å². The van der Waals surface area contributed by atoms with Gasteiger partial charge in [-0.1, -0.05) is 36.4 Å². The van der Waals surface area contributed by atoms with Gasteiger partial charge in [-0.3, -0.25) is 9.69 Å². The van der Waals surface area contributed by atoms with Gasteiger partial charge in [0.05, 0.1) is 24.1 Å². The lowest BCUT2D eigenvalue weighted by molar-refractivity contribution is -0.137. The number of nitrogens with zero attached hydrogens (tertiary/aromatic N) is 2. The number of aliphatic hydroxyl groups is 1. The second-order valence-electron chi connectivity index (χ2n) is 7.73. The first-order valence-corrected chi connectivity index (χ1v) is 9.81. The molecule has 0 saturated carbocycles. The number of likely N-dealkylation sites (tertiary alicyclic amines) is 1. The van der Waals surface area contributed by atoms with E-state index in [1.165, 1.54) is 6.07 Å². The highest BCUT2D eigenvalue weighted by molar-refractivity contribution is 5.80. The summed E-state index contributed by atoms with van der Waals surface area (Å²) in [7, 11) is 1.67. The van der Waals surface area contributed by atoms with Crippen LogP contribution in [-0.2, 0) is 17.4 Å². The predicted octanol–water partition coefficient (Wildman–Crippen LogP) is 3.10. The van der Waals surface area contributed by atoms with Crippen LogP contribution in [0.1, 0.15) is 29.2 Å². The number of nitrogens with two attached hydrogens (primary N) is 1. The molecule has 3 rings (SSSR count). The number of anilines is 1. The number of halogens is 3. The van der Waals surface area contributed by atoms with Gasteiger partial charge in [0.15, 0.2) is 0 Å². The molecule has 0 bridgehead atoms. The molecular formula is C22H26F3N3O2. The van der Waals surface area contributed by atoms with Gasteiger partial charge in [-0.2, -0.15) is 13.2 Å². The summed E-state index contributed by atoms with van der Waals surface area (Å²) >= 11 is 0. The van der Waals surface area contributed by atoms with Crippen LogP contribution in [0.15, 0.2) is 48.5 Å². The van der Waals surface area contributed by atoms with Gasteiger partial charge in [0, 0.05) is 32.4 Å². The van der Waals surface area contributed by atoms with Crippen LogP contribution in [0.4, 0.5) is 18.9 Å². The molecule has 1 unspecified atom stereocenters. The molecule has 0 spiro atoms. The van der Waals surface area contributed by atoms with Crippen molar-refractivity contribution in [2.45, 2.75) is 31.2 Å². The van der Waals surface area contributed by atoms with Crippen LogP contribution in [0, 0.1) is 0 Å². The molecule has 1 heterocycles. The molecule has 2 atom stereocenters. The number of amides is 1. The van der Waals surface area contributed by atoms with Gasteiger partial charge in [0.1, 0.15) is 0 Å². The standard InChI is InChI=1S/C22H26F3N3O2/c1-27(21(30)11-16-7-8-17(12-19(16)26)22(23,24)25)14-20(15-5-3-2-4-6-15)28-10-9-18(29)13-28/h2-8,12,18,20,29H,9-11,13-14,26H2,1H3/t18?,20-/m0/s1. The zero-order valence-corrected chi connectivity index (χ0v) is 16.8. The number of aliphatic hydroxyl groups excluding tert-OH is 1. The van der Waals surface area contributed by atoms with E-state index in [0.717, 1.165) is 24.2 Å². The van der Waals surface area contributed by atoms with Crippen molar-refractivity contribution in [3.8, 4) is 0 Å². The number of alkyl halides is 3. The van der Waals surface area contributed by atoms with Gasteiger partial charge in [-0.15, -0.1) is 0 Å². The second-order valence-corrected chi connectivity index (χ2v) is 7.73. The first-order chi connectivity index (χ1) is 14.1. The summed E-state index contributed by atoms with van der Waals surface area (Å²) in [6.07, 6.45) is -4.26. The fraction of sp³-hybridized carbons (Fsp3) is 0.409. The Morgan fingerprint density at radius 1 is 1.27 bits per heavy atom. The van der Waals surface area contributed by atoms with Crippen molar-refractivity contribution in [2.75, 3.05) is 32.4 Å². The maximum atomic E-state index is 12.8. The van der Waals surface area contributed by atoms with Crippen molar-refractivity contribution in [1.29, 1.82) is 0 Å². The fourth-order valence-electron chi connectivity index (χ4n) is 3.75. The third-order valence-corrected chi connectivity index (χ3v) is 5.51. The number of β-amino-alcohol motifs (C(OH)–C–C–N with tert-alkyl or cyclic N) is 1. The van der Waals surface area contributed by atoms with E-state index in [2.05, 4.69) is 4.90 Å². The molecular weight excluding hydrogens is 395 g/mol. The van der Waals surface area contributed by atoms with E-state index in [1.54, 1.807) is 11.9 Å². The predicted molar refractivity (Wildman–Crippen MR) is 109 cm³/mol. The Morgan fingerprint density at radius 2 is 1.97 bits per heavy atom. The fourth-order valence-corrected chi connectivity index (χ4v) is 3.75. The minimum absolute atomic E-state index is 0.0474. The number of rotatable bonds is 6. The molecule has 1 aliphatic heterocycles. The molecule has 1 fully saturated rings. The summed E-state index contributed by atoms with van der Waals surface area (Å²) in [5.74, 6) is -0.234. The lowest BCUT2D eigenvalue weighted by Gasteiger charge is -2.32. The first kappa shape index (κ1) is 22.1. The minimum atomic E-state index is -4.48. The van der Waals surface area contributed by atoms with Crippen molar-refractivity contribution in [2.24, 2.45) is 0 Å². The van der Waals surface area contributed by atoms with E-state index in [1.807, 2.05) is 30.3 Å². The molecule has 1 amide bonds. The average Bonchev–Trinajstić information content (AvgIpc) is 3.13. The summed E-state index contributed by atoms with van der Waals surface area (Å²) in [4.78, 5) is 16.5. The number of hydrogen-bond donors (Lipinski definition) is 2. The van der Waals surface area contributed by atoms with Crippen LogP contribution in [-0.4, -0.2) is 53.6 Å². The largest absolute Gasteiger partial charge is 0.416 e. The van der Waals surface area contributed by atoms with Crippen molar-refractivity contribution in [1.82, 2.24) is 9.80 Å². The van der Waals surface area contributed by atoms with E-state index < -0.39 is 11.7 Å². The Balaban J connectivity index is 1.71. The topological polar surface area (TPSA) is 69.8 Å². The van der Waals surface area contributed by atoms with Gasteiger partial charge >= 0.3 is 6.18 Å². The number of likely N-dealkylation sites (N-methyl/N-ethyl adjacent to an activating group) is 1. The Labute approximate surface area is 173 Å². The maximum Gasteiger partial charge on any atom is 0.416 e. The molecule has 8 heteroatoms. The highest BCUT2D eigenvalue weighted by atomic mass is 19.4. The lowest BCUT2D eigenvalue weighted by atomic mass is 10.0. The number of nitrogen functional groups attached to an aromatic ring is 1. The molecule has 1 saturated heterocycles. The maximum absolute atomic E-state index is 12.8.